The van der Waals surface area contributed by atoms with Gasteiger partial charge in [0.2, 0.25) is 0 Å². The highest BCUT2D eigenvalue weighted by Crippen LogP contribution is 2.16. The first-order chi connectivity index (χ1) is 11.6. The number of hydrogen-bond donors (Lipinski definition) is 1. The van der Waals surface area contributed by atoms with Gasteiger partial charge in [-0.2, -0.15) is 0 Å². The van der Waals surface area contributed by atoms with Gasteiger partial charge in [0, 0.05) is 9.99 Å². The molecule has 1 rings (SSSR count). The second kappa shape index (κ2) is 13.7. The maximum Gasteiger partial charge on any atom is 0.303 e. The second-order valence-electron chi connectivity index (χ2n) is 7.05. The molecule has 0 radical (unpaired) electrons. The molecule has 2 nitrogen and oxygen atoms in total. The minimum absolute atomic E-state index is 0.322. The van der Waals surface area contributed by atoms with Crippen molar-refractivity contribution in [2.75, 3.05) is 0 Å². The summed E-state index contributed by atoms with van der Waals surface area (Å²) in [7, 11) is 0. The van der Waals surface area contributed by atoms with Crippen LogP contribution < -0.4 is 0 Å². The molecule has 0 fully saturated rings. The van der Waals surface area contributed by atoms with Gasteiger partial charge in [0.15, 0.2) is 0 Å². The lowest BCUT2D eigenvalue weighted by Crippen LogP contribution is -2.03. The predicted molar refractivity (Wildman–Crippen MR) is 110 cm³/mol. The van der Waals surface area contributed by atoms with Gasteiger partial charge in [-0.05, 0) is 59.0 Å². The minimum Gasteiger partial charge on any atom is -0.481 e. The van der Waals surface area contributed by atoms with Crippen LogP contribution in [0.1, 0.15) is 83.1 Å². The van der Waals surface area contributed by atoms with Gasteiger partial charge in [-0.15, -0.1) is 0 Å². The van der Waals surface area contributed by atoms with Crippen LogP contribution in [-0.2, 0) is 11.2 Å². The van der Waals surface area contributed by atoms with Crippen LogP contribution in [0.2, 0.25) is 0 Å². The lowest BCUT2D eigenvalue weighted by Gasteiger charge is -2.08. The van der Waals surface area contributed by atoms with Crippen molar-refractivity contribution in [2.45, 2.75) is 84.0 Å². The van der Waals surface area contributed by atoms with Gasteiger partial charge in [-0.25, -0.2) is 0 Å². The van der Waals surface area contributed by atoms with Crippen LogP contribution >= 0.6 is 22.6 Å². The lowest BCUT2D eigenvalue weighted by molar-refractivity contribution is -0.138. The molecule has 0 aromatic heterocycles. The first-order valence-electron chi connectivity index (χ1n) is 9.54. The topological polar surface area (TPSA) is 37.3 Å². The Hall–Kier alpha value is -0.580. The number of aliphatic carboxylic acids is 1. The molecule has 136 valence electrons. The third kappa shape index (κ3) is 11.9. The maximum atomic E-state index is 10.6. The minimum atomic E-state index is -0.662. The first kappa shape index (κ1) is 21.5. The van der Waals surface area contributed by atoms with E-state index in [2.05, 4.69) is 46.9 Å². The molecule has 24 heavy (non-hydrogen) atoms. The van der Waals surface area contributed by atoms with E-state index in [1.54, 1.807) is 0 Å². The first-order valence-corrected chi connectivity index (χ1v) is 10.6. The van der Waals surface area contributed by atoms with Crippen molar-refractivity contribution < 1.29 is 9.90 Å². The zero-order valence-electron chi connectivity index (χ0n) is 15.1. The monoisotopic (exact) mass is 444 g/mol. The number of unbranched alkanes of at least 4 members (excludes halogenated alkanes) is 8. The molecule has 0 saturated heterocycles. The third-order valence-corrected chi connectivity index (χ3v) is 5.32. The number of carbonyl (C=O) groups is 1. The summed E-state index contributed by atoms with van der Waals surface area (Å²) in [5.41, 5.74) is 1.47. The van der Waals surface area contributed by atoms with Crippen molar-refractivity contribution in [2.24, 2.45) is 5.92 Å². The van der Waals surface area contributed by atoms with Crippen LogP contribution in [-0.4, -0.2) is 11.1 Å². The number of rotatable bonds is 14. The van der Waals surface area contributed by atoms with Gasteiger partial charge in [0.25, 0.3) is 0 Å². The van der Waals surface area contributed by atoms with E-state index in [-0.39, 0.29) is 0 Å². The second-order valence-corrected chi connectivity index (χ2v) is 8.30. The summed E-state index contributed by atoms with van der Waals surface area (Å²) in [5.74, 6) is -0.333. The molecule has 0 amide bonds. The molecule has 0 aliphatic heterocycles. The molecular formula is C21H33IO2. The molecule has 0 bridgehead atoms. The van der Waals surface area contributed by atoms with E-state index >= 15 is 0 Å². The highest BCUT2D eigenvalue weighted by molar-refractivity contribution is 14.1. The quantitative estimate of drug-likeness (QED) is 0.252. The Bertz CT molecular complexity index is 442. The smallest absolute Gasteiger partial charge is 0.303 e. The van der Waals surface area contributed by atoms with Crippen LogP contribution in [0.3, 0.4) is 0 Å². The fourth-order valence-electron chi connectivity index (χ4n) is 3.11. The summed E-state index contributed by atoms with van der Waals surface area (Å²) >= 11 is 2.35. The highest BCUT2D eigenvalue weighted by Gasteiger charge is 2.06. The zero-order valence-corrected chi connectivity index (χ0v) is 17.3. The number of aryl methyl sites for hydroxylation is 1. The fourth-order valence-corrected chi connectivity index (χ4v) is 3.47. The summed E-state index contributed by atoms with van der Waals surface area (Å²) in [5, 5.41) is 8.72. The fraction of sp³-hybridized carbons (Fsp3) is 0.667. The van der Waals surface area contributed by atoms with Gasteiger partial charge in [-0.1, -0.05) is 76.8 Å². The maximum absolute atomic E-state index is 10.6. The van der Waals surface area contributed by atoms with Gasteiger partial charge in [0.1, 0.15) is 0 Å². The Kier molecular flexibility index (Phi) is 12.2. The van der Waals surface area contributed by atoms with E-state index in [1.807, 2.05) is 6.92 Å². The van der Waals surface area contributed by atoms with Gasteiger partial charge in [-0.3, -0.25) is 4.79 Å². The largest absolute Gasteiger partial charge is 0.481 e. The summed E-state index contributed by atoms with van der Waals surface area (Å²) in [6.07, 6.45) is 14.4. The van der Waals surface area contributed by atoms with Crippen LogP contribution in [0, 0.1) is 9.49 Å². The normalized spacial score (nSPS) is 12.2. The summed E-state index contributed by atoms with van der Waals surface area (Å²) in [6, 6.07) is 8.88. The number of carboxylic acids is 1. The highest BCUT2D eigenvalue weighted by atomic mass is 127. The molecule has 1 N–H and O–H groups in total. The average molecular weight is 444 g/mol. The lowest BCUT2D eigenvalue weighted by atomic mass is 9.99. The molecule has 1 aromatic rings. The average Bonchev–Trinajstić information content (AvgIpc) is 2.53. The molecule has 0 aliphatic carbocycles. The molecule has 3 heteroatoms. The molecule has 1 atom stereocenters. The zero-order chi connectivity index (χ0) is 17.6. The molecular weight excluding hydrogens is 411 g/mol. The van der Waals surface area contributed by atoms with Crippen molar-refractivity contribution in [3.8, 4) is 0 Å². The van der Waals surface area contributed by atoms with Gasteiger partial charge >= 0.3 is 5.97 Å². The van der Waals surface area contributed by atoms with Crippen molar-refractivity contribution in [3.63, 3.8) is 0 Å². The molecule has 1 unspecified atom stereocenters. The van der Waals surface area contributed by atoms with Crippen LogP contribution in [0.4, 0.5) is 0 Å². The van der Waals surface area contributed by atoms with Crippen molar-refractivity contribution in [1.29, 1.82) is 0 Å². The van der Waals surface area contributed by atoms with E-state index in [0.29, 0.717) is 12.3 Å². The third-order valence-electron chi connectivity index (χ3n) is 4.60. The number of halogens is 1. The number of hydrogen-bond acceptors (Lipinski definition) is 1. The summed E-state index contributed by atoms with van der Waals surface area (Å²) in [6.45, 7) is 2.05. The molecule has 0 saturated carbocycles. The Morgan fingerprint density at radius 2 is 1.42 bits per heavy atom. The molecule has 0 heterocycles. The van der Waals surface area contributed by atoms with Crippen molar-refractivity contribution in [1.82, 2.24) is 0 Å². The Morgan fingerprint density at radius 3 is 1.96 bits per heavy atom. The van der Waals surface area contributed by atoms with Crippen molar-refractivity contribution in [3.05, 3.63) is 33.4 Å². The van der Waals surface area contributed by atoms with Gasteiger partial charge in [0.05, 0.1) is 0 Å². The molecule has 1 aromatic carbocycles. The van der Waals surface area contributed by atoms with E-state index < -0.39 is 5.97 Å². The summed E-state index contributed by atoms with van der Waals surface area (Å²) < 4.78 is 1.31. The number of carboxylic acid groups (broad SMARTS) is 1. The van der Waals surface area contributed by atoms with E-state index in [9.17, 15) is 4.79 Å². The van der Waals surface area contributed by atoms with E-state index in [1.165, 1.54) is 73.3 Å². The molecule has 0 spiro atoms. The Labute approximate surface area is 161 Å². The standard InChI is InChI=1S/C21H33IO2/c1-18(17-21(23)24)11-9-7-5-3-2-4-6-8-10-12-19-13-15-20(22)16-14-19/h13-16,18H,2-12,17H2,1H3,(H,23,24). The van der Waals surface area contributed by atoms with Crippen LogP contribution in [0.5, 0.6) is 0 Å². The SMILES string of the molecule is CC(CCCCCCCCCCCc1ccc(I)cc1)CC(=O)O. The van der Waals surface area contributed by atoms with E-state index in [0.717, 1.165) is 6.42 Å². The van der Waals surface area contributed by atoms with Crippen molar-refractivity contribution >= 4 is 28.6 Å². The van der Waals surface area contributed by atoms with Crippen LogP contribution in [0.25, 0.3) is 0 Å². The number of benzene rings is 1. The van der Waals surface area contributed by atoms with E-state index in [4.69, 9.17) is 5.11 Å². The van der Waals surface area contributed by atoms with Gasteiger partial charge < -0.3 is 5.11 Å². The van der Waals surface area contributed by atoms with Crippen LogP contribution in [0.15, 0.2) is 24.3 Å². The Morgan fingerprint density at radius 1 is 0.917 bits per heavy atom. The summed E-state index contributed by atoms with van der Waals surface area (Å²) in [4.78, 5) is 10.6. The predicted octanol–water partition coefficient (Wildman–Crippen LogP) is 6.85. The molecule has 0 aliphatic rings. The Balaban J connectivity index is 1.84.